The Bertz CT molecular complexity index is 908. The third kappa shape index (κ3) is 3.45. The summed E-state index contributed by atoms with van der Waals surface area (Å²) >= 11 is 6.18. The average Bonchev–Trinajstić information content (AvgIpc) is 2.99. The fraction of sp³-hybridized carbons (Fsp3) is 0.333. The molecule has 0 bridgehead atoms. The van der Waals surface area contributed by atoms with Crippen LogP contribution in [0.15, 0.2) is 42.5 Å². The van der Waals surface area contributed by atoms with Gasteiger partial charge in [-0.3, -0.25) is 9.59 Å². The molecule has 0 aromatic heterocycles. The average molecular weight is 401 g/mol. The zero-order valence-corrected chi connectivity index (χ0v) is 16.4. The maximum Gasteiger partial charge on any atom is 0.292 e. The van der Waals surface area contributed by atoms with Crippen molar-refractivity contribution in [3.63, 3.8) is 0 Å². The van der Waals surface area contributed by atoms with Gasteiger partial charge in [-0.1, -0.05) is 17.7 Å². The van der Waals surface area contributed by atoms with Gasteiger partial charge in [-0.05, 0) is 48.9 Å². The van der Waals surface area contributed by atoms with E-state index in [1.807, 2.05) is 25.1 Å². The van der Waals surface area contributed by atoms with Gasteiger partial charge in [0.25, 0.3) is 5.91 Å². The second kappa shape index (κ2) is 7.45. The molecule has 0 unspecified atom stereocenters. The number of carbonyl (C=O) groups is 2. The van der Waals surface area contributed by atoms with Gasteiger partial charge in [-0.25, -0.2) is 4.90 Å². The number of nitrogens with one attached hydrogen (secondary N) is 1. The molecule has 2 aromatic carbocycles. The minimum Gasteiger partial charge on any atom is -0.508 e. The third-order valence-corrected chi connectivity index (χ3v) is 6.08. The smallest absolute Gasteiger partial charge is 0.292 e. The molecule has 146 valence electrons. The van der Waals surface area contributed by atoms with Crippen molar-refractivity contribution < 1.29 is 19.6 Å². The SMILES string of the molecule is Cc1ccc(N2C(=O)C[C@@H]([NH+]3CCN(c4ccc(O)cc4)CC3)C2=O)cc1Cl. The van der Waals surface area contributed by atoms with E-state index < -0.39 is 0 Å². The number of benzene rings is 2. The molecule has 2 aliphatic rings. The summed E-state index contributed by atoms with van der Waals surface area (Å²) in [6.45, 7) is 5.06. The van der Waals surface area contributed by atoms with Crippen molar-refractivity contribution in [2.75, 3.05) is 36.0 Å². The van der Waals surface area contributed by atoms with Crippen LogP contribution in [-0.4, -0.2) is 49.1 Å². The lowest BCUT2D eigenvalue weighted by molar-refractivity contribution is -0.915. The number of imide groups is 1. The number of aryl methyl sites for hydroxylation is 1. The van der Waals surface area contributed by atoms with Crippen LogP contribution >= 0.6 is 11.6 Å². The van der Waals surface area contributed by atoms with Crippen LogP contribution in [-0.2, 0) is 9.59 Å². The van der Waals surface area contributed by atoms with Gasteiger partial charge < -0.3 is 14.9 Å². The highest BCUT2D eigenvalue weighted by molar-refractivity contribution is 6.32. The number of amides is 2. The minimum atomic E-state index is -0.338. The molecule has 2 aliphatic heterocycles. The predicted octanol–water partition coefficient (Wildman–Crippen LogP) is 1.39. The molecule has 2 heterocycles. The minimum absolute atomic E-state index is 0.141. The van der Waals surface area contributed by atoms with Crippen LogP contribution in [0.3, 0.4) is 0 Å². The van der Waals surface area contributed by atoms with E-state index >= 15 is 0 Å². The quantitative estimate of drug-likeness (QED) is 0.764. The summed E-state index contributed by atoms with van der Waals surface area (Å²) in [4.78, 5) is 30.2. The van der Waals surface area contributed by atoms with E-state index in [0.717, 1.165) is 42.3 Å². The van der Waals surface area contributed by atoms with Crippen molar-refractivity contribution in [2.24, 2.45) is 0 Å². The van der Waals surface area contributed by atoms with Crippen LogP contribution in [0.5, 0.6) is 5.75 Å². The number of hydrogen-bond donors (Lipinski definition) is 2. The topological polar surface area (TPSA) is 65.3 Å². The molecule has 0 spiro atoms. The summed E-state index contributed by atoms with van der Waals surface area (Å²) in [5.74, 6) is -0.0548. The second-order valence-electron chi connectivity index (χ2n) is 7.42. The van der Waals surface area contributed by atoms with E-state index in [-0.39, 0.29) is 30.0 Å². The summed E-state index contributed by atoms with van der Waals surface area (Å²) in [5.41, 5.74) is 2.52. The van der Waals surface area contributed by atoms with Crippen LogP contribution in [0.1, 0.15) is 12.0 Å². The Labute approximate surface area is 168 Å². The Morgan fingerprint density at radius 3 is 2.32 bits per heavy atom. The number of carbonyl (C=O) groups excluding carboxylic acids is 2. The highest BCUT2D eigenvalue weighted by atomic mass is 35.5. The fourth-order valence-corrected chi connectivity index (χ4v) is 4.18. The van der Waals surface area contributed by atoms with Crippen molar-refractivity contribution in [1.29, 1.82) is 0 Å². The lowest BCUT2D eigenvalue weighted by atomic mass is 10.1. The van der Waals surface area contributed by atoms with Gasteiger partial charge in [0.2, 0.25) is 5.91 Å². The standard InChI is InChI=1S/C21H22ClN3O3/c1-14-2-3-16(12-18(14)22)25-20(27)13-19(21(25)28)24-10-8-23(9-11-24)15-4-6-17(26)7-5-15/h2-7,12,19,26H,8-11,13H2,1H3/p+1/t19-/m1/s1. The van der Waals surface area contributed by atoms with Crippen LogP contribution in [0, 0.1) is 6.92 Å². The Morgan fingerprint density at radius 1 is 1.04 bits per heavy atom. The second-order valence-corrected chi connectivity index (χ2v) is 7.83. The molecule has 1 atom stereocenters. The molecule has 28 heavy (non-hydrogen) atoms. The molecule has 0 radical (unpaired) electrons. The van der Waals surface area contributed by atoms with Gasteiger partial charge in [-0.15, -0.1) is 0 Å². The van der Waals surface area contributed by atoms with E-state index in [0.29, 0.717) is 10.7 Å². The first-order valence-corrected chi connectivity index (χ1v) is 9.83. The van der Waals surface area contributed by atoms with Gasteiger partial charge in [0.05, 0.1) is 38.3 Å². The first-order valence-electron chi connectivity index (χ1n) is 9.45. The number of anilines is 2. The number of halogens is 1. The van der Waals surface area contributed by atoms with Crippen LogP contribution in [0.4, 0.5) is 11.4 Å². The fourth-order valence-electron chi connectivity index (χ4n) is 4.01. The Hall–Kier alpha value is -2.57. The van der Waals surface area contributed by atoms with Crippen molar-refractivity contribution >= 4 is 34.8 Å². The molecule has 2 aromatic rings. The van der Waals surface area contributed by atoms with Crippen molar-refractivity contribution in [3.05, 3.63) is 53.1 Å². The molecular weight excluding hydrogens is 378 g/mol. The summed E-state index contributed by atoms with van der Waals surface area (Å²) in [7, 11) is 0. The largest absolute Gasteiger partial charge is 0.508 e. The lowest BCUT2D eigenvalue weighted by Gasteiger charge is -2.35. The van der Waals surface area contributed by atoms with Crippen LogP contribution < -0.4 is 14.7 Å². The number of nitrogens with zero attached hydrogens (tertiary/aromatic N) is 2. The maximum absolute atomic E-state index is 13.0. The molecule has 2 saturated heterocycles. The van der Waals surface area contributed by atoms with Gasteiger partial charge >= 0.3 is 0 Å². The third-order valence-electron chi connectivity index (χ3n) is 5.67. The number of piperazine rings is 1. The summed E-state index contributed by atoms with van der Waals surface area (Å²) in [5, 5.41) is 9.99. The summed E-state index contributed by atoms with van der Waals surface area (Å²) in [6.07, 6.45) is 0.235. The highest BCUT2D eigenvalue weighted by Crippen LogP contribution is 2.27. The van der Waals surface area contributed by atoms with E-state index in [4.69, 9.17) is 11.6 Å². The lowest BCUT2D eigenvalue weighted by Crippen LogP contribution is -3.19. The molecule has 7 heteroatoms. The number of phenols is 1. The zero-order valence-electron chi connectivity index (χ0n) is 15.7. The first kappa shape index (κ1) is 18.8. The van der Waals surface area contributed by atoms with Crippen LogP contribution in [0.25, 0.3) is 0 Å². The van der Waals surface area contributed by atoms with E-state index in [1.165, 1.54) is 4.90 Å². The molecule has 6 nitrogen and oxygen atoms in total. The first-order chi connectivity index (χ1) is 13.4. The molecule has 2 amide bonds. The number of rotatable bonds is 3. The van der Waals surface area contributed by atoms with Gasteiger partial charge in [-0.2, -0.15) is 0 Å². The monoisotopic (exact) mass is 400 g/mol. The molecule has 0 aliphatic carbocycles. The Balaban J connectivity index is 1.44. The number of aromatic hydroxyl groups is 1. The maximum atomic E-state index is 13.0. The van der Waals surface area contributed by atoms with E-state index in [2.05, 4.69) is 4.90 Å². The van der Waals surface area contributed by atoms with Gasteiger partial charge in [0, 0.05) is 10.7 Å². The zero-order chi connectivity index (χ0) is 19.8. The van der Waals surface area contributed by atoms with Gasteiger partial charge in [0.1, 0.15) is 5.75 Å². The van der Waals surface area contributed by atoms with Crippen molar-refractivity contribution in [1.82, 2.24) is 0 Å². The van der Waals surface area contributed by atoms with Crippen molar-refractivity contribution in [2.45, 2.75) is 19.4 Å². The molecule has 2 fully saturated rings. The highest BCUT2D eigenvalue weighted by Gasteiger charge is 2.46. The predicted molar refractivity (Wildman–Crippen MR) is 108 cm³/mol. The normalized spacial score (nSPS) is 20.9. The van der Waals surface area contributed by atoms with Gasteiger partial charge in [0.15, 0.2) is 6.04 Å². The molecule has 2 N–H and O–H groups in total. The molecule has 4 rings (SSSR count). The number of quaternary nitrogens is 1. The summed E-state index contributed by atoms with van der Waals surface area (Å²) < 4.78 is 0. The van der Waals surface area contributed by atoms with Crippen LogP contribution in [0.2, 0.25) is 5.02 Å². The number of hydrogen-bond acceptors (Lipinski definition) is 4. The Morgan fingerprint density at radius 2 is 1.68 bits per heavy atom. The number of phenolic OH excluding ortho intramolecular Hbond substituents is 1. The van der Waals surface area contributed by atoms with E-state index in [9.17, 15) is 14.7 Å². The summed E-state index contributed by atoms with van der Waals surface area (Å²) in [6, 6.07) is 12.1. The van der Waals surface area contributed by atoms with Crippen molar-refractivity contribution in [3.8, 4) is 5.75 Å². The molecule has 0 saturated carbocycles. The molecular formula is C21H23ClN3O3+. The van der Waals surface area contributed by atoms with E-state index in [1.54, 1.807) is 24.3 Å². The Kier molecular flexibility index (Phi) is 5.00.